The summed E-state index contributed by atoms with van der Waals surface area (Å²) in [5.41, 5.74) is 5.72. The van der Waals surface area contributed by atoms with Gasteiger partial charge in [0.2, 0.25) is 0 Å². The van der Waals surface area contributed by atoms with Gasteiger partial charge in [0.05, 0.1) is 0 Å². The van der Waals surface area contributed by atoms with Crippen LogP contribution in [0.4, 0.5) is 0 Å². The first-order valence-corrected chi connectivity index (χ1v) is 5.08. The van der Waals surface area contributed by atoms with E-state index in [0.717, 1.165) is 18.4 Å². The van der Waals surface area contributed by atoms with E-state index < -0.39 is 0 Å². The molecule has 0 bridgehead atoms. The molecule has 0 aromatic heterocycles. The molecule has 0 unspecified atom stereocenters. The van der Waals surface area contributed by atoms with Crippen LogP contribution in [0.5, 0.6) is 0 Å². The highest BCUT2D eigenvalue weighted by molar-refractivity contribution is 4.75. The van der Waals surface area contributed by atoms with E-state index in [4.69, 9.17) is 5.73 Å². The quantitative estimate of drug-likeness (QED) is 0.666. The maximum absolute atomic E-state index is 5.72. The van der Waals surface area contributed by atoms with Gasteiger partial charge in [-0.2, -0.15) is 0 Å². The van der Waals surface area contributed by atoms with Gasteiger partial charge in [-0.05, 0) is 24.8 Å². The molecule has 0 aliphatic heterocycles. The van der Waals surface area contributed by atoms with Gasteiger partial charge in [0, 0.05) is 0 Å². The highest BCUT2D eigenvalue weighted by atomic mass is 14.6. The van der Waals surface area contributed by atoms with Gasteiger partial charge in [0.25, 0.3) is 0 Å². The second kappa shape index (κ2) is 4.76. The number of hydrogen-bond donors (Lipinski definition) is 1. The zero-order chi connectivity index (χ0) is 8.10. The lowest BCUT2D eigenvalue weighted by Gasteiger charge is -2.30. The summed E-state index contributed by atoms with van der Waals surface area (Å²) in [7, 11) is 0. The summed E-state index contributed by atoms with van der Waals surface area (Å²) in [4.78, 5) is 0. The fourth-order valence-electron chi connectivity index (χ4n) is 2.35. The zero-order valence-electron chi connectivity index (χ0n) is 7.68. The van der Waals surface area contributed by atoms with Crippen molar-refractivity contribution in [3.8, 4) is 0 Å². The van der Waals surface area contributed by atoms with E-state index in [-0.39, 0.29) is 0 Å². The van der Waals surface area contributed by atoms with Crippen molar-refractivity contribution in [3.63, 3.8) is 0 Å². The normalized spacial score (nSPS) is 32.2. The summed E-state index contributed by atoms with van der Waals surface area (Å²) in [6.07, 6.45) is 8.43. The van der Waals surface area contributed by atoms with E-state index in [1.807, 2.05) is 0 Å². The molecule has 2 N–H and O–H groups in total. The van der Waals surface area contributed by atoms with Crippen LogP contribution in [0, 0.1) is 11.8 Å². The Kier molecular flexibility index (Phi) is 3.92. The molecule has 0 saturated heterocycles. The first-order chi connectivity index (χ1) is 5.38. The fraction of sp³-hybridized carbons (Fsp3) is 1.00. The fourth-order valence-corrected chi connectivity index (χ4v) is 2.35. The summed E-state index contributed by atoms with van der Waals surface area (Å²) >= 11 is 0. The molecular formula is C10H21N. The number of nitrogens with two attached hydrogens (primary N) is 1. The Bertz CT molecular complexity index is 99.0. The molecule has 0 radical (unpaired) electrons. The van der Waals surface area contributed by atoms with Crippen LogP contribution in [-0.2, 0) is 0 Å². The second-order valence-electron chi connectivity index (χ2n) is 3.83. The van der Waals surface area contributed by atoms with Crippen molar-refractivity contribution in [2.24, 2.45) is 17.6 Å². The van der Waals surface area contributed by atoms with Crippen LogP contribution in [-0.4, -0.2) is 6.54 Å². The lowest BCUT2D eigenvalue weighted by Crippen LogP contribution is -2.26. The van der Waals surface area contributed by atoms with Crippen molar-refractivity contribution in [2.75, 3.05) is 6.54 Å². The molecule has 0 aromatic carbocycles. The van der Waals surface area contributed by atoms with Gasteiger partial charge in [-0.1, -0.05) is 39.0 Å². The average Bonchev–Trinajstić information content (AvgIpc) is 2.06. The van der Waals surface area contributed by atoms with Crippen LogP contribution < -0.4 is 5.73 Å². The Hall–Kier alpha value is -0.0400. The Morgan fingerprint density at radius 3 is 2.36 bits per heavy atom. The molecule has 1 aliphatic carbocycles. The zero-order valence-corrected chi connectivity index (χ0v) is 7.68. The Morgan fingerprint density at radius 2 is 1.82 bits per heavy atom. The maximum Gasteiger partial charge on any atom is -0.00462 e. The van der Waals surface area contributed by atoms with Gasteiger partial charge in [0.1, 0.15) is 0 Å². The van der Waals surface area contributed by atoms with Crippen LogP contribution in [0.1, 0.15) is 45.4 Å². The molecular weight excluding hydrogens is 134 g/mol. The van der Waals surface area contributed by atoms with Crippen molar-refractivity contribution >= 4 is 0 Å². The predicted molar refractivity (Wildman–Crippen MR) is 49.4 cm³/mol. The molecule has 0 aromatic rings. The summed E-state index contributed by atoms with van der Waals surface area (Å²) in [5.74, 6) is 1.81. The van der Waals surface area contributed by atoms with Crippen LogP contribution in [0.25, 0.3) is 0 Å². The Balaban J connectivity index is 2.31. The van der Waals surface area contributed by atoms with E-state index in [9.17, 15) is 0 Å². The summed E-state index contributed by atoms with van der Waals surface area (Å²) < 4.78 is 0. The van der Waals surface area contributed by atoms with E-state index in [0.29, 0.717) is 0 Å². The molecule has 1 nitrogen and oxygen atoms in total. The van der Waals surface area contributed by atoms with Gasteiger partial charge in [-0.15, -0.1) is 0 Å². The van der Waals surface area contributed by atoms with Gasteiger partial charge >= 0.3 is 0 Å². The third-order valence-electron chi connectivity index (χ3n) is 3.03. The molecule has 0 spiro atoms. The predicted octanol–water partition coefficient (Wildman–Crippen LogP) is 2.55. The first kappa shape index (κ1) is 9.05. The van der Waals surface area contributed by atoms with Gasteiger partial charge < -0.3 is 5.73 Å². The number of hydrogen-bond acceptors (Lipinski definition) is 1. The molecule has 1 heteroatoms. The highest BCUT2D eigenvalue weighted by Crippen LogP contribution is 2.32. The molecule has 1 fully saturated rings. The van der Waals surface area contributed by atoms with Gasteiger partial charge in [0.15, 0.2) is 0 Å². The minimum atomic E-state index is 0.851. The molecule has 66 valence electrons. The lowest BCUT2D eigenvalue weighted by molar-refractivity contribution is 0.229. The lowest BCUT2D eigenvalue weighted by atomic mass is 9.77. The smallest absolute Gasteiger partial charge is 0.00462 e. The minimum Gasteiger partial charge on any atom is -0.330 e. The molecule has 1 aliphatic rings. The van der Waals surface area contributed by atoms with Crippen molar-refractivity contribution in [1.29, 1.82) is 0 Å². The van der Waals surface area contributed by atoms with Crippen LogP contribution in [0.2, 0.25) is 0 Å². The molecule has 1 saturated carbocycles. The standard InChI is InChI=1S/C10H21N/c1-2-5-9-6-3-4-7-10(9)8-11/h9-10H,2-8,11H2,1H3/t9-,10+/m1/s1. The first-order valence-electron chi connectivity index (χ1n) is 5.08. The molecule has 1 rings (SSSR count). The molecule has 2 atom stereocenters. The average molecular weight is 155 g/mol. The monoisotopic (exact) mass is 155 g/mol. The van der Waals surface area contributed by atoms with Crippen molar-refractivity contribution in [1.82, 2.24) is 0 Å². The Labute approximate surface area is 70.4 Å². The van der Waals surface area contributed by atoms with Crippen molar-refractivity contribution in [3.05, 3.63) is 0 Å². The van der Waals surface area contributed by atoms with E-state index >= 15 is 0 Å². The number of rotatable bonds is 3. The minimum absolute atomic E-state index is 0.851. The van der Waals surface area contributed by atoms with E-state index in [1.165, 1.54) is 38.5 Å². The summed E-state index contributed by atoms with van der Waals surface area (Å²) in [6.45, 7) is 3.20. The topological polar surface area (TPSA) is 26.0 Å². The Morgan fingerprint density at radius 1 is 1.18 bits per heavy atom. The SMILES string of the molecule is CCC[C@@H]1CCCC[C@H]1CN. The molecule has 0 amide bonds. The third-order valence-corrected chi connectivity index (χ3v) is 3.03. The van der Waals surface area contributed by atoms with Gasteiger partial charge in [-0.3, -0.25) is 0 Å². The second-order valence-corrected chi connectivity index (χ2v) is 3.83. The highest BCUT2D eigenvalue weighted by Gasteiger charge is 2.22. The van der Waals surface area contributed by atoms with Crippen molar-refractivity contribution in [2.45, 2.75) is 45.4 Å². The maximum atomic E-state index is 5.72. The molecule has 0 heterocycles. The summed E-state index contributed by atoms with van der Waals surface area (Å²) in [6, 6.07) is 0. The van der Waals surface area contributed by atoms with Crippen molar-refractivity contribution < 1.29 is 0 Å². The summed E-state index contributed by atoms with van der Waals surface area (Å²) in [5, 5.41) is 0. The van der Waals surface area contributed by atoms with E-state index in [1.54, 1.807) is 0 Å². The van der Waals surface area contributed by atoms with E-state index in [2.05, 4.69) is 6.92 Å². The van der Waals surface area contributed by atoms with Crippen LogP contribution >= 0.6 is 0 Å². The third kappa shape index (κ3) is 2.48. The largest absolute Gasteiger partial charge is 0.330 e. The van der Waals surface area contributed by atoms with Crippen LogP contribution in [0.3, 0.4) is 0 Å². The molecule has 11 heavy (non-hydrogen) atoms. The van der Waals surface area contributed by atoms with Gasteiger partial charge in [-0.25, -0.2) is 0 Å². The van der Waals surface area contributed by atoms with Crippen LogP contribution in [0.15, 0.2) is 0 Å².